The van der Waals surface area contributed by atoms with Crippen LogP contribution in [0.25, 0.3) is 0 Å². The summed E-state index contributed by atoms with van der Waals surface area (Å²) in [6.07, 6.45) is 4.01. The van der Waals surface area contributed by atoms with E-state index in [1.807, 2.05) is 4.90 Å². The molecule has 0 aromatic heterocycles. The molecule has 2 aliphatic rings. The Morgan fingerprint density at radius 1 is 1.21 bits per heavy atom. The van der Waals surface area contributed by atoms with Crippen molar-refractivity contribution < 1.29 is 4.79 Å². The predicted molar refractivity (Wildman–Crippen MR) is 77.1 cm³/mol. The van der Waals surface area contributed by atoms with Gasteiger partial charge in [-0.2, -0.15) is 0 Å². The highest BCUT2D eigenvalue weighted by Crippen LogP contribution is 2.32. The molecule has 0 aromatic carbocycles. The van der Waals surface area contributed by atoms with Crippen molar-refractivity contribution in [3.63, 3.8) is 0 Å². The van der Waals surface area contributed by atoms with Crippen LogP contribution in [0.15, 0.2) is 4.99 Å². The Hall–Kier alpha value is -1.26. The summed E-state index contributed by atoms with van der Waals surface area (Å²) in [5, 5.41) is 3.36. The summed E-state index contributed by atoms with van der Waals surface area (Å²) in [5.74, 6) is 2.13. The average molecular weight is 266 g/mol. The fraction of sp³-hybridized carbons (Fsp3) is 0.857. The van der Waals surface area contributed by atoms with Gasteiger partial charge in [-0.3, -0.25) is 9.79 Å². The maximum absolute atomic E-state index is 11.3. The second-order valence-electron chi connectivity index (χ2n) is 5.46. The highest BCUT2D eigenvalue weighted by molar-refractivity contribution is 5.80. The molecule has 1 amide bonds. The number of aliphatic imine (C=N–C) groups is 1. The largest absolute Gasteiger partial charge is 0.357 e. The number of hydrogen-bond acceptors (Lipinski definition) is 2. The van der Waals surface area contributed by atoms with Gasteiger partial charge < -0.3 is 15.1 Å². The van der Waals surface area contributed by atoms with E-state index in [2.05, 4.69) is 17.1 Å². The number of hydrogen-bond donors (Lipinski definition) is 1. The fourth-order valence-corrected chi connectivity index (χ4v) is 2.42. The third-order valence-corrected chi connectivity index (χ3v) is 3.86. The molecule has 108 valence electrons. The molecule has 19 heavy (non-hydrogen) atoms. The summed E-state index contributed by atoms with van der Waals surface area (Å²) < 4.78 is 0. The summed E-state index contributed by atoms with van der Waals surface area (Å²) in [6, 6.07) is 0. The van der Waals surface area contributed by atoms with Crippen LogP contribution in [0, 0.1) is 5.92 Å². The SMILES string of the molecule is CCNC(=NCCC1CC1)N1CCN(C(C)=O)CC1. The van der Waals surface area contributed by atoms with Crippen molar-refractivity contribution in [3.8, 4) is 0 Å². The molecule has 5 nitrogen and oxygen atoms in total. The summed E-state index contributed by atoms with van der Waals surface area (Å²) in [6.45, 7) is 8.95. The average Bonchev–Trinajstić information content (AvgIpc) is 3.22. The summed E-state index contributed by atoms with van der Waals surface area (Å²) in [7, 11) is 0. The zero-order valence-electron chi connectivity index (χ0n) is 12.2. The first-order valence-corrected chi connectivity index (χ1v) is 7.49. The predicted octanol–water partition coefficient (Wildman–Crippen LogP) is 0.916. The van der Waals surface area contributed by atoms with Crippen LogP contribution in [0.5, 0.6) is 0 Å². The van der Waals surface area contributed by atoms with Crippen molar-refractivity contribution in [1.82, 2.24) is 15.1 Å². The number of amides is 1. The molecule has 2 rings (SSSR count). The maximum atomic E-state index is 11.3. The molecule has 0 spiro atoms. The maximum Gasteiger partial charge on any atom is 0.219 e. The van der Waals surface area contributed by atoms with E-state index in [0.29, 0.717) is 0 Å². The minimum absolute atomic E-state index is 0.176. The van der Waals surface area contributed by atoms with Gasteiger partial charge in [0.25, 0.3) is 0 Å². The van der Waals surface area contributed by atoms with E-state index in [0.717, 1.165) is 51.1 Å². The first-order chi connectivity index (χ1) is 9.20. The number of carbonyl (C=O) groups excluding carboxylic acids is 1. The van der Waals surface area contributed by atoms with E-state index >= 15 is 0 Å². The Morgan fingerprint density at radius 2 is 1.84 bits per heavy atom. The van der Waals surface area contributed by atoms with E-state index in [9.17, 15) is 4.79 Å². The van der Waals surface area contributed by atoms with Gasteiger partial charge in [0.05, 0.1) is 0 Å². The Labute approximate surface area is 116 Å². The van der Waals surface area contributed by atoms with Gasteiger partial charge >= 0.3 is 0 Å². The number of piperazine rings is 1. The van der Waals surface area contributed by atoms with Crippen LogP contribution >= 0.6 is 0 Å². The normalized spacial score (nSPS) is 20.6. The van der Waals surface area contributed by atoms with Crippen molar-refractivity contribution in [2.45, 2.75) is 33.1 Å². The van der Waals surface area contributed by atoms with E-state index in [1.54, 1.807) is 6.92 Å². The standard InChI is InChI=1S/C14H26N4O/c1-3-15-14(16-7-6-13-4-5-13)18-10-8-17(9-11-18)12(2)19/h13H,3-11H2,1-2H3,(H,15,16). The Balaban J connectivity index is 1.82. The monoisotopic (exact) mass is 266 g/mol. The van der Waals surface area contributed by atoms with Crippen molar-refractivity contribution in [2.75, 3.05) is 39.3 Å². The number of carbonyl (C=O) groups is 1. The number of rotatable bonds is 4. The van der Waals surface area contributed by atoms with Gasteiger partial charge in [0.15, 0.2) is 5.96 Å². The van der Waals surface area contributed by atoms with Gasteiger partial charge in [-0.05, 0) is 19.3 Å². The van der Waals surface area contributed by atoms with Crippen LogP contribution in [0.2, 0.25) is 0 Å². The van der Waals surface area contributed by atoms with E-state index < -0.39 is 0 Å². The van der Waals surface area contributed by atoms with Crippen LogP contribution in [0.4, 0.5) is 0 Å². The molecule has 0 unspecified atom stereocenters. The minimum atomic E-state index is 0.176. The van der Waals surface area contributed by atoms with E-state index in [4.69, 9.17) is 4.99 Å². The molecule has 5 heteroatoms. The third kappa shape index (κ3) is 4.40. The minimum Gasteiger partial charge on any atom is -0.357 e. The van der Waals surface area contributed by atoms with Crippen LogP contribution in [0.1, 0.15) is 33.1 Å². The lowest BCUT2D eigenvalue weighted by atomic mass is 10.3. The number of guanidine groups is 1. The lowest BCUT2D eigenvalue weighted by Crippen LogP contribution is -2.53. The van der Waals surface area contributed by atoms with E-state index in [-0.39, 0.29) is 5.91 Å². The van der Waals surface area contributed by atoms with Crippen molar-refractivity contribution in [2.24, 2.45) is 10.9 Å². The molecule has 1 saturated carbocycles. The topological polar surface area (TPSA) is 47.9 Å². The number of nitrogens with zero attached hydrogens (tertiary/aromatic N) is 3. The quantitative estimate of drug-likeness (QED) is 0.608. The molecular weight excluding hydrogens is 240 g/mol. The van der Waals surface area contributed by atoms with Crippen LogP contribution in [0.3, 0.4) is 0 Å². The highest BCUT2D eigenvalue weighted by Gasteiger charge is 2.22. The first-order valence-electron chi connectivity index (χ1n) is 7.49. The van der Waals surface area contributed by atoms with Gasteiger partial charge in [-0.15, -0.1) is 0 Å². The molecule has 1 aliphatic heterocycles. The van der Waals surface area contributed by atoms with Gasteiger partial charge in [-0.1, -0.05) is 12.8 Å². The highest BCUT2D eigenvalue weighted by atomic mass is 16.2. The lowest BCUT2D eigenvalue weighted by Gasteiger charge is -2.36. The molecule has 1 N–H and O–H groups in total. The molecular formula is C14H26N4O. The summed E-state index contributed by atoms with van der Waals surface area (Å²) in [5.41, 5.74) is 0. The van der Waals surface area contributed by atoms with Gasteiger partial charge in [-0.25, -0.2) is 0 Å². The fourth-order valence-electron chi connectivity index (χ4n) is 2.42. The zero-order valence-corrected chi connectivity index (χ0v) is 12.2. The van der Waals surface area contributed by atoms with Crippen LogP contribution in [-0.4, -0.2) is 60.9 Å². The second kappa shape index (κ2) is 6.78. The smallest absolute Gasteiger partial charge is 0.219 e. The van der Waals surface area contributed by atoms with Crippen molar-refractivity contribution in [3.05, 3.63) is 0 Å². The Morgan fingerprint density at radius 3 is 2.37 bits per heavy atom. The zero-order chi connectivity index (χ0) is 13.7. The summed E-state index contributed by atoms with van der Waals surface area (Å²) in [4.78, 5) is 20.2. The summed E-state index contributed by atoms with van der Waals surface area (Å²) >= 11 is 0. The van der Waals surface area contributed by atoms with Gasteiger partial charge in [0.2, 0.25) is 5.91 Å². The van der Waals surface area contributed by atoms with E-state index in [1.165, 1.54) is 19.3 Å². The molecule has 2 fully saturated rings. The second-order valence-corrected chi connectivity index (χ2v) is 5.46. The molecule has 0 bridgehead atoms. The number of nitrogens with one attached hydrogen (secondary N) is 1. The van der Waals surface area contributed by atoms with Crippen LogP contribution < -0.4 is 5.32 Å². The molecule has 1 saturated heterocycles. The van der Waals surface area contributed by atoms with Crippen molar-refractivity contribution in [1.29, 1.82) is 0 Å². The Bertz CT molecular complexity index is 330. The van der Waals surface area contributed by atoms with Crippen molar-refractivity contribution >= 4 is 11.9 Å². The van der Waals surface area contributed by atoms with Crippen LogP contribution in [-0.2, 0) is 4.79 Å². The Kier molecular flexibility index (Phi) is 5.05. The van der Waals surface area contributed by atoms with Gasteiger partial charge in [0.1, 0.15) is 0 Å². The molecule has 0 aromatic rings. The first kappa shape index (κ1) is 14.2. The molecule has 1 heterocycles. The molecule has 0 atom stereocenters. The third-order valence-electron chi connectivity index (χ3n) is 3.86. The molecule has 0 radical (unpaired) electrons. The lowest BCUT2D eigenvalue weighted by molar-refractivity contribution is -0.130. The molecule has 1 aliphatic carbocycles. The van der Waals surface area contributed by atoms with Gasteiger partial charge in [0, 0.05) is 46.2 Å².